The summed E-state index contributed by atoms with van der Waals surface area (Å²) in [4.78, 5) is 0. The Morgan fingerprint density at radius 2 is 2.47 bits per heavy atom. The molecule has 1 heterocycles. The maximum Gasteiger partial charge on any atom is 0.161 e. The Hall–Kier alpha value is -0.930. The minimum absolute atomic E-state index is 0.364. The molecule has 0 aromatic heterocycles. The molecule has 1 atom stereocenters. The number of benzene rings is 1. The average molecular weight is 227 g/mol. The smallest absolute Gasteiger partial charge is 0.161 e. The highest BCUT2D eigenvalue weighted by molar-refractivity contribution is 6.32. The highest BCUT2D eigenvalue weighted by Gasteiger charge is 2.19. The summed E-state index contributed by atoms with van der Waals surface area (Å²) in [6.45, 7) is 1.66. The first-order valence-electron chi connectivity index (χ1n) is 5.13. The number of hydrogen-bond acceptors (Lipinski definition) is 3. The molecule has 1 unspecified atom stereocenters. The molecule has 1 aliphatic heterocycles. The van der Waals surface area contributed by atoms with Crippen molar-refractivity contribution in [2.24, 2.45) is 0 Å². The van der Waals surface area contributed by atoms with E-state index < -0.39 is 0 Å². The van der Waals surface area contributed by atoms with Gasteiger partial charge in [0.2, 0.25) is 0 Å². The molecule has 3 nitrogen and oxygen atoms in total. The van der Waals surface area contributed by atoms with E-state index in [1.54, 1.807) is 0 Å². The molecule has 0 aliphatic carbocycles. The van der Waals surface area contributed by atoms with Gasteiger partial charge in [0.15, 0.2) is 5.75 Å². The Balaban J connectivity index is 2.07. The monoisotopic (exact) mass is 226 g/mol. The summed E-state index contributed by atoms with van der Waals surface area (Å²) < 4.78 is 5.64. The third-order valence-electron chi connectivity index (χ3n) is 2.50. The van der Waals surface area contributed by atoms with Crippen LogP contribution in [0.25, 0.3) is 0 Å². The van der Waals surface area contributed by atoms with Crippen molar-refractivity contribution in [3.63, 3.8) is 0 Å². The topological polar surface area (TPSA) is 33.3 Å². The van der Waals surface area contributed by atoms with Gasteiger partial charge in [0.05, 0.1) is 16.8 Å². The molecule has 0 saturated carbocycles. The largest absolute Gasteiger partial charge is 0.488 e. The van der Waals surface area contributed by atoms with Crippen LogP contribution in [0.3, 0.4) is 0 Å². The van der Waals surface area contributed by atoms with Crippen molar-refractivity contribution in [2.75, 3.05) is 25.5 Å². The van der Waals surface area contributed by atoms with E-state index in [2.05, 4.69) is 10.6 Å². The van der Waals surface area contributed by atoms with Crippen molar-refractivity contribution in [3.05, 3.63) is 23.2 Å². The number of nitrogens with one attached hydrogen (secondary N) is 2. The summed E-state index contributed by atoms with van der Waals surface area (Å²) >= 11 is 6.02. The molecule has 4 heteroatoms. The van der Waals surface area contributed by atoms with Gasteiger partial charge in [0.25, 0.3) is 0 Å². The second kappa shape index (κ2) is 4.73. The van der Waals surface area contributed by atoms with Crippen LogP contribution in [0.1, 0.15) is 6.42 Å². The number of anilines is 1. The van der Waals surface area contributed by atoms with Gasteiger partial charge in [0.1, 0.15) is 6.61 Å². The first-order chi connectivity index (χ1) is 7.31. The van der Waals surface area contributed by atoms with Gasteiger partial charge >= 0.3 is 0 Å². The van der Waals surface area contributed by atoms with Crippen molar-refractivity contribution in [2.45, 2.75) is 12.5 Å². The van der Waals surface area contributed by atoms with Crippen LogP contribution in [0.15, 0.2) is 18.2 Å². The van der Waals surface area contributed by atoms with E-state index >= 15 is 0 Å². The second-order valence-electron chi connectivity index (χ2n) is 3.66. The highest BCUT2D eigenvalue weighted by Crippen LogP contribution is 2.35. The molecular formula is C11H15ClN2O. The summed E-state index contributed by atoms with van der Waals surface area (Å²) in [6, 6.07) is 6.13. The van der Waals surface area contributed by atoms with E-state index in [9.17, 15) is 0 Å². The molecule has 0 saturated heterocycles. The molecular weight excluding hydrogens is 212 g/mol. The Morgan fingerprint density at radius 1 is 1.60 bits per heavy atom. The summed E-state index contributed by atoms with van der Waals surface area (Å²) in [5.41, 5.74) is 0.995. The summed E-state index contributed by atoms with van der Waals surface area (Å²) in [6.07, 6.45) is 1.04. The third kappa shape index (κ3) is 2.36. The lowest BCUT2D eigenvalue weighted by Crippen LogP contribution is -2.33. The lowest BCUT2D eigenvalue weighted by atomic mass is 10.1. The fourth-order valence-corrected chi connectivity index (χ4v) is 1.92. The Morgan fingerprint density at radius 3 is 3.27 bits per heavy atom. The Kier molecular flexibility index (Phi) is 3.34. The molecule has 0 amide bonds. The lowest BCUT2D eigenvalue weighted by Gasteiger charge is -2.27. The zero-order chi connectivity index (χ0) is 10.7. The summed E-state index contributed by atoms with van der Waals surface area (Å²) in [5, 5.41) is 7.23. The van der Waals surface area contributed by atoms with Crippen LogP contribution in [0, 0.1) is 0 Å². The minimum atomic E-state index is 0.364. The van der Waals surface area contributed by atoms with Crippen molar-refractivity contribution >= 4 is 17.3 Å². The van der Waals surface area contributed by atoms with Crippen molar-refractivity contribution in [1.82, 2.24) is 5.32 Å². The molecule has 0 spiro atoms. The maximum atomic E-state index is 6.02. The van der Waals surface area contributed by atoms with Gasteiger partial charge in [-0.05, 0) is 32.1 Å². The van der Waals surface area contributed by atoms with Gasteiger partial charge in [-0.3, -0.25) is 0 Å². The van der Waals surface area contributed by atoms with Crippen LogP contribution in [0.2, 0.25) is 5.02 Å². The normalized spacial score (nSPS) is 18.9. The number of para-hydroxylation sites is 1. The average Bonchev–Trinajstić information content (AvgIpc) is 2.26. The summed E-state index contributed by atoms with van der Waals surface area (Å²) in [5.74, 6) is 0.778. The fourth-order valence-electron chi connectivity index (χ4n) is 1.69. The maximum absolute atomic E-state index is 6.02. The van der Waals surface area contributed by atoms with E-state index in [0.717, 1.165) is 24.4 Å². The Bertz CT molecular complexity index is 343. The first-order valence-corrected chi connectivity index (χ1v) is 5.51. The lowest BCUT2D eigenvalue weighted by molar-refractivity contribution is 0.278. The van der Waals surface area contributed by atoms with Gasteiger partial charge in [-0.1, -0.05) is 17.7 Å². The molecule has 82 valence electrons. The van der Waals surface area contributed by atoms with Crippen molar-refractivity contribution in [1.29, 1.82) is 0 Å². The molecule has 0 bridgehead atoms. The second-order valence-corrected chi connectivity index (χ2v) is 4.07. The first kappa shape index (κ1) is 10.6. The van der Waals surface area contributed by atoms with Gasteiger partial charge in [-0.2, -0.15) is 0 Å². The standard InChI is InChI=1S/C11H15ClN2O/c1-13-6-5-8-7-15-11-9(12)3-2-4-10(11)14-8/h2-4,8,13-14H,5-7H2,1H3. The Labute approximate surface area is 94.8 Å². The predicted molar refractivity (Wildman–Crippen MR) is 62.9 cm³/mol. The molecule has 15 heavy (non-hydrogen) atoms. The molecule has 1 aromatic rings. The molecule has 0 fully saturated rings. The van der Waals surface area contributed by atoms with E-state index in [4.69, 9.17) is 16.3 Å². The van der Waals surface area contributed by atoms with E-state index in [0.29, 0.717) is 17.7 Å². The molecule has 0 radical (unpaired) electrons. The van der Waals surface area contributed by atoms with Crippen LogP contribution in [0.4, 0.5) is 5.69 Å². The number of halogens is 1. The third-order valence-corrected chi connectivity index (χ3v) is 2.80. The van der Waals surface area contributed by atoms with Crippen molar-refractivity contribution < 1.29 is 4.74 Å². The SMILES string of the molecule is CNCCC1COc2c(Cl)cccc2N1. The van der Waals surface area contributed by atoms with E-state index in [-0.39, 0.29) is 0 Å². The molecule has 1 aromatic carbocycles. The fraction of sp³-hybridized carbons (Fsp3) is 0.455. The van der Waals surface area contributed by atoms with Crippen LogP contribution in [0.5, 0.6) is 5.75 Å². The van der Waals surface area contributed by atoms with Gasteiger partial charge in [-0.25, -0.2) is 0 Å². The molecule has 2 N–H and O–H groups in total. The number of rotatable bonds is 3. The van der Waals surface area contributed by atoms with Crippen LogP contribution < -0.4 is 15.4 Å². The van der Waals surface area contributed by atoms with Crippen LogP contribution in [-0.2, 0) is 0 Å². The molecule has 2 rings (SSSR count). The predicted octanol–water partition coefficient (Wildman–Crippen LogP) is 2.12. The number of hydrogen-bond donors (Lipinski definition) is 2. The van der Waals surface area contributed by atoms with Gasteiger partial charge in [0, 0.05) is 0 Å². The van der Waals surface area contributed by atoms with E-state index in [1.165, 1.54) is 0 Å². The van der Waals surface area contributed by atoms with Gasteiger partial charge in [-0.15, -0.1) is 0 Å². The number of ether oxygens (including phenoxy) is 1. The zero-order valence-corrected chi connectivity index (χ0v) is 9.47. The molecule has 1 aliphatic rings. The van der Waals surface area contributed by atoms with Crippen molar-refractivity contribution in [3.8, 4) is 5.75 Å². The minimum Gasteiger partial charge on any atom is -0.488 e. The summed E-state index contributed by atoms with van der Waals surface area (Å²) in [7, 11) is 1.95. The zero-order valence-electron chi connectivity index (χ0n) is 8.72. The van der Waals surface area contributed by atoms with Gasteiger partial charge < -0.3 is 15.4 Å². The quantitative estimate of drug-likeness (QED) is 0.829. The highest BCUT2D eigenvalue weighted by atomic mass is 35.5. The van der Waals surface area contributed by atoms with Crippen LogP contribution in [-0.4, -0.2) is 26.2 Å². The van der Waals surface area contributed by atoms with E-state index in [1.807, 2.05) is 25.2 Å². The van der Waals surface area contributed by atoms with Crippen LogP contribution >= 0.6 is 11.6 Å². The number of fused-ring (bicyclic) bond motifs is 1.